The van der Waals surface area contributed by atoms with E-state index in [-0.39, 0.29) is 10.8 Å². The first-order chi connectivity index (χ1) is 12.8. The Kier molecular flexibility index (Phi) is 5.43. The van der Waals surface area contributed by atoms with Crippen molar-refractivity contribution < 1.29 is 13.2 Å². The van der Waals surface area contributed by atoms with Crippen LogP contribution in [0.1, 0.15) is 29.2 Å². The average molecular weight is 401 g/mol. The Labute approximate surface area is 163 Å². The number of amides is 1. The summed E-state index contributed by atoms with van der Waals surface area (Å²) < 4.78 is 24.3. The smallest absolute Gasteiger partial charge is 0.255 e. The SMILES string of the molecule is Cc1nc(-c2ccc(NC(=O)c3ccc(S(=O)(=O)C(C)C)cc3)cc2)cs1. The van der Waals surface area contributed by atoms with E-state index in [1.807, 2.05) is 36.6 Å². The second kappa shape index (κ2) is 7.62. The Morgan fingerprint density at radius 1 is 1.04 bits per heavy atom. The standard InChI is InChI=1S/C20H20N2O3S2/c1-13(2)27(24,25)18-10-6-16(7-11-18)20(23)22-17-8-4-15(5-9-17)19-12-26-14(3)21-19/h4-13H,1-3H3,(H,22,23). The van der Waals surface area contributed by atoms with Crippen LogP contribution in [0.2, 0.25) is 0 Å². The van der Waals surface area contributed by atoms with Crippen molar-refractivity contribution in [3.63, 3.8) is 0 Å². The van der Waals surface area contributed by atoms with Gasteiger partial charge in [-0.05, 0) is 57.2 Å². The number of carbonyl (C=O) groups excluding carboxylic acids is 1. The van der Waals surface area contributed by atoms with Gasteiger partial charge in [0, 0.05) is 22.2 Å². The normalized spacial score (nSPS) is 11.6. The molecule has 27 heavy (non-hydrogen) atoms. The molecule has 0 saturated carbocycles. The molecule has 0 aliphatic rings. The molecule has 0 radical (unpaired) electrons. The highest BCUT2D eigenvalue weighted by molar-refractivity contribution is 7.92. The fourth-order valence-corrected chi connectivity index (χ4v) is 4.17. The molecule has 0 aliphatic carbocycles. The predicted octanol–water partition coefficient (Wildman–Crippen LogP) is 4.55. The molecule has 0 spiro atoms. The summed E-state index contributed by atoms with van der Waals surface area (Å²) in [4.78, 5) is 17.1. The summed E-state index contributed by atoms with van der Waals surface area (Å²) in [6, 6.07) is 13.4. The summed E-state index contributed by atoms with van der Waals surface area (Å²) in [5.41, 5.74) is 2.96. The number of nitrogens with zero attached hydrogens (tertiary/aromatic N) is 1. The molecule has 1 amide bonds. The third-order valence-corrected chi connectivity index (χ3v) is 7.07. The van der Waals surface area contributed by atoms with E-state index in [4.69, 9.17) is 0 Å². The lowest BCUT2D eigenvalue weighted by Crippen LogP contribution is -2.15. The van der Waals surface area contributed by atoms with E-state index in [0.29, 0.717) is 11.3 Å². The van der Waals surface area contributed by atoms with Crippen LogP contribution in [-0.2, 0) is 9.84 Å². The average Bonchev–Trinajstić information content (AvgIpc) is 3.08. The molecular formula is C20H20N2O3S2. The summed E-state index contributed by atoms with van der Waals surface area (Å²) in [5, 5.41) is 5.31. The number of anilines is 1. The zero-order chi connectivity index (χ0) is 19.6. The van der Waals surface area contributed by atoms with Crippen molar-refractivity contribution in [1.82, 2.24) is 4.98 Å². The molecule has 1 N–H and O–H groups in total. The van der Waals surface area contributed by atoms with Crippen LogP contribution in [0.25, 0.3) is 11.3 Å². The minimum absolute atomic E-state index is 0.219. The van der Waals surface area contributed by atoms with Crippen molar-refractivity contribution in [1.29, 1.82) is 0 Å². The van der Waals surface area contributed by atoms with E-state index in [9.17, 15) is 13.2 Å². The fraction of sp³-hybridized carbons (Fsp3) is 0.200. The molecule has 0 atom stereocenters. The molecule has 140 valence electrons. The molecule has 3 aromatic rings. The van der Waals surface area contributed by atoms with Crippen molar-refractivity contribution in [3.8, 4) is 11.3 Å². The quantitative estimate of drug-likeness (QED) is 0.681. The minimum Gasteiger partial charge on any atom is -0.322 e. The Morgan fingerprint density at radius 2 is 1.67 bits per heavy atom. The van der Waals surface area contributed by atoms with E-state index in [1.165, 1.54) is 24.3 Å². The van der Waals surface area contributed by atoms with Crippen LogP contribution in [0.3, 0.4) is 0 Å². The summed E-state index contributed by atoms with van der Waals surface area (Å²) in [6.45, 7) is 5.22. The maximum Gasteiger partial charge on any atom is 0.255 e. The van der Waals surface area contributed by atoms with Gasteiger partial charge in [-0.2, -0.15) is 0 Å². The number of rotatable bonds is 5. The Morgan fingerprint density at radius 3 is 2.19 bits per heavy atom. The van der Waals surface area contributed by atoms with Gasteiger partial charge in [-0.1, -0.05) is 12.1 Å². The first kappa shape index (κ1) is 19.3. The highest BCUT2D eigenvalue weighted by atomic mass is 32.2. The first-order valence-corrected chi connectivity index (χ1v) is 10.9. The van der Waals surface area contributed by atoms with Crippen LogP contribution in [0, 0.1) is 6.92 Å². The Hall–Kier alpha value is -2.51. The third-order valence-electron chi connectivity index (χ3n) is 4.12. The largest absolute Gasteiger partial charge is 0.322 e. The van der Waals surface area contributed by atoms with Gasteiger partial charge in [0.1, 0.15) is 0 Å². The number of thiazole rings is 1. The van der Waals surface area contributed by atoms with Gasteiger partial charge in [0.05, 0.1) is 20.8 Å². The molecular weight excluding hydrogens is 380 g/mol. The number of aryl methyl sites for hydroxylation is 1. The molecule has 0 bridgehead atoms. The number of aromatic nitrogens is 1. The van der Waals surface area contributed by atoms with Gasteiger partial charge in [-0.25, -0.2) is 13.4 Å². The van der Waals surface area contributed by atoms with E-state index >= 15 is 0 Å². The molecule has 2 aromatic carbocycles. The van der Waals surface area contributed by atoms with Crippen molar-refractivity contribution in [2.75, 3.05) is 5.32 Å². The van der Waals surface area contributed by atoms with Crippen LogP contribution in [0.5, 0.6) is 0 Å². The second-order valence-electron chi connectivity index (χ2n) is 6.40. The second-order valence-corrected chi connectivity index (χ2v) is 9.97. The maximum atomic E-state index is 12.4. The number of nitrogens with one attached hydrogen (secondary N) is 1. The predicted molar refractivity (Wildman–Crippen MR) is 109 cm³/mol. The van der Waals surface area contributed by atoms with Crippen molar-refractivity contribution >= 4 is 32.8 Å². The zero-order valence-corrected chi connectivity index (χ0v) is 16.9. The van der Waals surface area contributed by atoms with Gasteiger partial charge in [0.15, 0.2) is 9.84 Å². The van der Waals surface area contributed by atoms with Gasteiger partial charge < -0.3 is 5.32 Å². The molecule has 1 aromatic heterocycles. The molecule has 5 nitrogen and oxygen atoms in total. The van der Waals surface area contributed by atoms with Gasteiger partial charge in [0.2, 0.25) is 0 Å². The first-order valence-electron chi connectivity index (χ1n) is 8.45. The topological polar surface area (TPSA) is 76.1 Å². The Bertz CT molecular complexity index is 1050. The van der Waals surface area contributed by atoms with E-state index in [2.05, 4.69) is 10.3 Å². The maximum absolute atomic E-state index is 12.4. The van der Waals surface area contributed by atoms with E-state index in [1.54, 1.807) is 25.2 Å². The molecule has 0 fully saturated rings. The van der Waals surface area contributed by atoms with Crippen molar-refractivity contribution in [2.24, 2.45) is 0 Å². The lowest BCUT2D eigenvalue weighted by molar-refractivity contribution is 0.102. The molecule has 7 heteroatoms. The number of carbonyl (C=O) groups is 1. The summed E-state index contributed by atoms with van der Waals surface area (Å²) in [5.74, 6) is -0.291. The number of hydrogen-bond donors (Lipinski definition) is 1. The molecule has 0 saturated heterocycles. The monoisotopic (exact) mass is 400 g/mol. The third kappa shape index (κ3) is 4.26. The summed E-state index contributed by atoms with van der Waals surface area (Å²) in [6.07, 6.45) is 0. The molecule has 0 unspecified atom stereocenters. The number of hydrogen-bond acceptors (Lipinski definition) is 5. The highest BCUT2D eigenvalue weighted by Crippen LogP contribution is 2.23. The lowest BCUT2D eigenvalue weighted by atomic mass is 10.1. The number of benzene rings is 2. The van der Waals surface area contributed by atoms with Crippen LogP contribution in [0.4, 0.5) is 5.69 Å². The van der Waals surface area contributed by atoms with Crippen LogP contribution < -0.4 is 5.32 Å². The summed E-state index contributed by atoms with van der Waals surface area (Å²) in [7, 11) is -3.34. The lowest BCUT2D eigenvalue weighted by Gasteiger charge is -2.09. The van der Waals surface area contributed by atoms with Crippen molar-refractivity contribution in [3.05, 3.63) is 64.5 Å². The van der Waals surface area contributed by atoms with Gasteiger partial charge >= 0.3 is 0 Å². The van der Waals surface area contributed by atoms with Crippen molar-refractivity contribution in [2.45, 2.75) is 30.9 Å². The number of sulfone groups is 1. The van der Waals surface area contributed by atoms with E-state index < -0.39 is 15.1 Å². The molecule has 1 heterocycles. The molecule has 3 rings (SSSR count). The van der Waals surface area contributed by atoms with Crippen LogP contribution in [0.15, 0.2) is 58.8 Å². The highest BCUT2D eigenvalue weighted by Gasteiger charge is 2.19. The van der Waals surface area contributed by atoms with E-state index in [0.717, 1.165) is 16.3 Å². The fourth-order valence-electron chi connectivity index (χ4n) is 2.49. The molecule has 0 aliphatic heterocycles. The zero-order valence-electron chi connectivity index (χ0n) is 15.3. The van der Waals surface area contributed by atoms with Gasteiger partial charge in [-0.15, -0.1) is 11.3 Å². The minimum atomic E-state index is -3.34. The summed E-state index contributed by atoms with van der Waals surface area (Å²) >= 11 is 1.59. The van der Waals surface area contributed by atoms with Crippen LogP contribution in [-0.4, -0.2) is 24.6 Å². The van der Waals surface area contributed by atoms with Crippen LogP contribution >= 0.6 is 11.3 Å². The van der Waals surface area contributed by atoms with Gasteiger partial charge in [0.25, 0.3) is 5.91 Å². The van der Waals surface area contributed by atoms with Gasteiger partial charge in [-0.3, -0.25) is 4.79 Å². The Balaban J connectivity index is 1.72.